The summed E-state index contributed by atoms with van der Waals surface area (Å²) in [5, 5.41) is 0. The van der Waals surface area contributed by atoms with Crippen LogP contribution in [-0.4, -0.2) is 19.4 Å². The molecule has 0 aromatic carbocycles. The number of allylic oxidation sites excluding steroid dienone is 4. The molecule has 0 unspecified atom stereocenters. The van der Waals surface area contributed by atoms with Gasteiger partial charge in [0.25, 0.3) is 0 Å². The monoisotopic (exact) mass is 328 g/mol. The second kappa shape index (κ2) is 5.06. The number of ether oxygens (including phenoxy) is 1. The van der Waals surface area contributed by atoms with Crippen LogP contribution in [0.1, 0.15) is 58.8 Å². The number of methoxy groups -OCH3 is 1. The van der Waals surface area contributed by atoms with Crippen LogP contribution in [-0.2, 0) is 14.3 Å². The maximum Gasteiger partial charge on any atom is 0.311 e. The molecule has 0 amide bonds. The first kappa shape index (κ1) is 16.1. The Morgan fingerprint density at radius 1 is 1.29 bits per heavy atom. The predicted molar refractivity (Wildman–Crippen MR) is 92.2 cm³/mol. The highest BCUT2D eigenvalue weighted by molar-refractivity contribution is 5.78. The van der Waals surface area contributed by atoms with E-state index in [1.165, 1.54) is 12.7 Å². The average Bonchev–Trinajstić information content (AvgIpc) is 2.84. The molecule has 0 heterocycles. The van der Waals surface area contributed by atoms with Gasteiger partial charge >= 0.3 is 5.97 Å². The molecule has 24 heavy (non-hydrogen) atoms. The lowest BCUT2D eigenvalue weighted by Crippen LogP contribution is -2.54. The molecule has 2 fully saturated rings. The first-order chi connectivity index (χ1) is 11.4. The van der Waals surface area contributed by atoms with E-state index in [1.54, 1.807) is 0 Å². The van der Waals surface area contributed by atoms with Gasteiger partial charge in [0.15, 0.2) is 0 Å². The Hall–Kier alpha value is -1.38. The topological polar surface area (TPSA) is 43.4 Å². The second-order valence-electron chi connectivity index (χ2n) is 8.94. The van der Waals surface area contributed by atoms with Crippen molar-refractivity contribution in [3.05, 3.63) is 23.3 Å². The van der Waals surface area contributed by atoms with Gasteiger partial charge in [-0.05, 0) is 68.3 Å². The quantitative estimate of drug-likeness (QED) is 0.433. The van der Waals surface area contributed by atoms with Crippen molar-refractivity contribution in [2.24, 2.45) is 28.1 Å². The molecular formula is C21H28O3. The van der Waals surface area contributed by atoms with Crippen LogP contribution in [0, 0.1) is 28.1 Å². The highest BCUT2D eigenvalue weighted by atomic mass is 16.5. The molecule has 0 saturated heterocycles. The van der Waals surface area contributed by atoms with Crippen LogP contribution in [0.3, 0.4) is 0 Å². The molecule has 4 aliphatic rings. The Morgan fingerprint density at radius 3 is 2.79 bits per heavy atom. The molecule has 0 radical (unpaired) electrons. The number of hydrogen-bond donors (Lipinski definition) is 0. The van der Waals surface area contributed by atoms with E-state index in [4.69, 9.17) is 4.74 Å². The van der Waals surface area contributed by atoms with Gasteiger partial charge in [-0.3, -0.25) is 9.59 Å². The van der Waals surface area contributed by atoms with Crippen molar-refractivity contribution < 1.29 is 14.3 Å². The first-order valence-corrected chi connectivity index (χ1v) is 9.37. The fraction of sp³-hybridized carbons (Fsp3) is 0.714. The molecule has 5 atom stereocenters. The van der Waals surface area contributed by atoms with Gasteiger partial charge < -0.3 is 4.74 Å². The Morgan fingerprint density at radius 2 is 2.08 bits per heavy atom. The summed E-state index contributed by atoms with van der Waals surface area (Å²) in [6.07, 6.45) is 13.1. The largest absolute Gasteiger partial charge is 0.469 e. The highest BCUT2D eigenvalue weighted by Crippen LogP contribution is 2.69. The molecule has 0 aliphatic heterocycles. The van der Waals surface area contributed by atoms with Crippen molar-refractivity contribution in [2.45, 2.75) is 58.8 Å². The summed E-state index contributed by atoms with van der Waals surface area (Å²) in [6, 6.07) is 0. The van der Waals surface area contributed by atoms with E-state index in [0.717, 1.165) is 56.8 Å². The lowest BCUT2D eigenvalue weighted by atomic mass is 9.44. The molecule has 0 aromatic heterocycles. The zero-order chi connectivity index (χ0) is 17.2. The predicted octanol–water partition coefficient (Wildman–Crippen LogP) is 4.23. The van der Waals surface area contributed by atoms with Crippen LogP contribution in [0.25, 0.3) is 0 Å². The number of esters is 1. The van der Waals surface area contributed by atoms with Gasteiger partial charge in [-0.15, -0.1) is 0 Å². The van der Waals surface area contributed by atoms with Crippen LogP contribution in [0.15, 0.2) is 23.3 Å². The van der Waals surface area contributed by atoms with Crippen LogP contribution < -0.4 is 0 Å². The molecule has 2 saturated carbocycles. The third-order valence-corrected chi connectivity index (χ3v) is 7.88. The zero-order valence-electron chi connectivity index (χ0n) is 15.1. The summed E-state index contributed by atoms with van der Waals surface area (Å²) < 4.78 is 5.20. The van der Waals surface area contributed by atoms with Crippen LogP contribution >= 0.6 is 0 Å². The summed E-state index contributed by atoms with van der Waals surface area (Å²) in [5.74, 6) is 0.717. The summed E-state index contributed by atoms with van der Waals surface area (Å²) in [5.41, 5.74) is 2.29. The normalized spacial score (nSPS) is 46.3. The zero-order valence-corrected chi connectivity index (χ0v) is 15.1. The van der Waals surface area contributed by atoms with Crippen molar-refractivity contribution >= 4 is 12.3 Å². The van der Waals surface area contributed by atoms with E-state index < -0.39 is 0 Å². The number of rotatable bonds is 2. The minimum Gasteiger partial charge on any atom is -0.469 e. The van der Waals surface area contributed by atoms with Gasteiger partial charge in [-0.25, -0.2) is 0 Å². The van der Waals surface area contributed by atoms with Gasteiger partial charge in [0.05, 0.1) is 12.5 Å². The summed E-state index contributed by atoms with van der Waals surface area (Å²) in [6.45, 7) is 4.49. The van der Waals surface area contributed by atoms with E-state index in [1.807, 2.05) is 0 Å². The van der Waals surface area contributed by atoms with Gasteiger partial charge in [0.2, 0.25) is 0 Å². The van der Waals surface area contributed by atoms with Crippen molar-refractivity contribution in [1.82, 2.24) is 0 Å². The van der Waals surface area contributed by atoms with Gasteiger partial charge in [0.1, 0.15) is 6.29 Å². The number of aldehydes is 1. The van der Waals surface area contributed by atoms with E-state index in [0.29, 0.717) is 11.8 Å². The molecule has 2 bridgehead atoms. The third-order valence-electron chi connectivity index (χ3n) is 7.88. The second-order valence-corrected chi connectivity index (χ2v) is 8.94. The van der Waals surface area contributed by atoms with Crippen LogP contribution in [0.5, 0.6) is 0 Å². The smallest absolute Gasteiger partial charge is 0.311 e. The summed E-state index contributed by atoms with van der Waals surface area (Å²) in [7, 11) is 1.52. The third kappa shape index (κ3) is 1.84. The van der Waals surface area contributed by atoms with Gasteiger partial charge in [-0.1, -0.05) is 31.1 Å². The molecule has 3 heteroatoms. The van der Waals surface area contributed by atoms with E-state index in [9.17, 15) is 9.59 Å². The molecule has 4 rings (SSSR count). The molecule has 0 aromatic rings. The molecule has 0 N–H and O–H groups in total. The maximum atomic E-state index is 12.6. The van der Waals surface area contributed by atoms with Crippen molar-refractivity contribution in [2.75, 3.05) is 7.11 Å². The maximum absolute atomic E-state index is 12.6. The Labute approximate surface area is 144 Å². The molecule has 1 spiro atoms. The number of carbonyl (C=O) groups excluding carboxylic acids is 2. The first-order valence-electron chi connectivity index (χ1n) is 9.37. The van der Waals surface area contributed by atoms with Gasteiger partial charge in [-0.2, -0.15) is 0 Å². The Balaban J connectivity index is 1.79. The average molecular weight is 328 g/mol. The summed E-state index contributed by atoms with van der Waals surface area (Å²) in [4.78, 5) is 24.1. The van der Waals surface area contributed by atoms with Crippen molar-refractivity contribution in [1.29, 1.82) is 0 Å². The van der Waals surface area contributed by atoms with E-state index in [2.05, 4.69) is 26.0 Å². The molecule has 3 nitrogen and oxygen atoms in total. The lowest BCUT2D eigenvalue weighted by molar-refractivity contribution is -0.164. The Kier molecular flexibility index (Phi) is 3.40. The number of fused-ring (bicyclic) bond motifs is 3. The molecule has 130 valence electrons. The Bertz CT molecular complexity index is 660. The van der Waals surface area contributed by atoms with E-state index >= 15 is 0 Å². The molecule has 4 aliphatic carbocycles. The van der Waals surface area contributed by atoms with Crippen molar-refractivity contribution in [3.63, 3.8) is 0 Å². The lowest BCUT2D eigenvalue weighted by Gasteiger charge is -2.60. The minimum absolute atomic E-state index is 0.0424. The fourth-order valence-electron chi connectivity index (χ4n) is 6.88. The number of carbonyl (C=O) groups is 2. The molecular weight excluding hydrogens is 300 g/mol. The minimum atomic E-state index is -0.378. The van der Waals surface area contributed by atoms with Crippen LogP contribution in [0.4, 0.5) is 0 Å². The highest BCUT2D eigenvalue weighted by Gasteiger charge is 2.61. The SMILES string of the molecule is COC(=O)[C@]1(C)CCC[C@@]2(C)C3=CC[C@@H]4C[C@]3(C=C4C=O)CC[C@H]12. The van der Waals surface area contributed by atoms with E-state index in [-0.39, 0.29) is 22.2 Å². The summed E-state index contributed by atoms with van der Waals surface area (Å²) >= 11 is 0. The van der Waals surface area contributed by atoms with Crippen molar-refractivity contribution in [3.8, 4) is 0 Å². The fourth-order valence-corrected chi connectivity index (χ4v) is 6.88. The standard InChI is InChI=1S/C21H28O3/c1-19-8-4-9-20(2,18(23)24-3)16(19)7-10-21-11-14(5-6-17(19)21)15(12-21)13-22/h6,12-14,16H,4-5,7-11H2,1-3H3/t14-,16+,19-,20-,21+/m1/s1. The van der Waals surface area contributed by atoms with Crippen LogP contribution in [0.2, 0.25) is 0 Å². The van der Waals surface area contributed by atoms with Gasteiger partial charge in [0, 0.05) is 5.41 Å². The number of hydrogen-bond acceptors (Lipinski definition) is 3.